The van der Waals surface area contributed by atoms with Crippen LogP contribution in [0.15, 0.2) is 18.3 Å². The topological polar surface area (TPSA) is 19.4 Å². The highest BCUT2D eigenvalue weighted by atomic mass is 35.5. The van der Waals surface area contributed by atoms with Crippen molar-refractivity contribution in [3.63, 3.8) is 0 Å². The molecule has 1 saturated heterocycles. The summed E-state index contributed by atoms with van der Waals surface area (Å²) < 4.78 is 0. The van der Waals surface area contributed by atoms with E-state index >= 15 is 0 Å². The maximum Gasteiger partial charge on any atom is 0.133 e. The Balaban J connectivity index is 1.89. The molecule has 0 saturated carbocycles. The molecule has 1 fully saturated rings. The van der Waals surface area contributed by atoms with Gasteiger partial charge < -0.3 is 9.80 Å². The van der Waals surface area contributed by atoms with Crippen molar-refractivity contribution in [2.75, 3.05) is 27.2 Å². The Bertz CT molecular complexity index is 369. The number of pyridine rings is 1. The molecule has 0 radical (unpaired) electrons. The van der Waals surface area contributed by atoms with E-state index in [0.29, 0.717) is 11.2 Å². The minimum absolute atomic E-state index is 0.624. The van der Waals surface area contributed by atoms with E-state index in [-0.39, 0.29) is 0 Å². The smallest absolute Gasteiger partial charge is 0.133 e. The van der Waals surface area contributed by atoms with Crippen LogP contribution in [-0.2, 0) is 6.54 Å². The predicted octanol–water partition coefficient (Wildman–Crippen LogP) is 2.26. The van der Waals surface area contributed by atoms with Crippen molar-refractivity contribution >= 4 is 11.6 Å². The van der Waals surface area contributed by atoms with Gasteiger partial charge in [-0.05, 0) is 39.5 Å². The Morgan fingerprint density at radius 1 is 1.59 bits per heavy atom. The second-order valence-corrected chi connectivity index (χ2v) is 5.28. The summed E-state index contributed by atoms with van der Waals surface area (Å²) in [5.41, 5.74) is 1.11. The molecule has 4 heteroatoms. The van der Waals surface area contributed by atoms with Crippen LogP contribution in [0, 0.1) is 0 Å². The van der Waals surface area contributed by atoms with E-state index in [4.69, 9.17) is 11.6 Å². The summed E-state index contributed by atoms with van der Waals surface area (Å²) in [5.74, 6) is 0. The summed E-state index contributed by atoms with van der Waals surface area (Å²) in [6, 6.07) is 4.68. The summed E-state index contributed by atoms with van der Waals surface area (Å²) in [6.07, 6.45) is 4.36. The second kappa shape index (κ2) is 5.80. The average molecular weight is 254 g/mol. The second-order valence-electron chi connectivity index (χ2n) is 4.93. The van der Waals surface area contributed by atoms with Gasteiger partial charge in [-0.1, -0.05) is 17.7 Å². The fraction of sp³-hybridized carbons (Fsp3) is 0.615. The number of hydrogen-bond donors (Lipinski definition) is 0. The molecule has 94 valence electrons. The summed E-state index contributed by atoms with van der Waals surface area (Å²) in [7, 11) is 4.36. The number of likely N-dealkylation sites (N-methyl/N-ethyl adjacent to an activating group) is 2. The standard InChI is InChI=1S/C13H20ClN3/c1-16(10-12-6-4-8-17(12)2)9-11-5-3-7-15-13(11)14/h3,5,7,12H,4,6,8-10H2,1-2H3. The van der Waals surface area contributed by atoms with Crippen LogP contribution in [0.2, 0.25) is 5.15 Å². The van der Waals surface area contributed by atoms with E-state index in [1.165, 1.54) is 19.4 Å². The first-order valence-electron chi connectivity index (χ1n) is 6.15. The number of rotatable bonds is 4. The van der Waals surface area contributed by atoms with Crippen LogP contribution < -0.4 is 0 Å². The van der Waals surface area contributed by atoms with Crippen molar-refractivity contribution in [3.05, 3.63) is 29.0 Å². The van der Waals surface area contributed by atoms with Gasteiger partial charge in [-0.25, -0.2) is 4.98 Å². The first kappa shape index (κ1) is 12.8. The fourth-order valence-electron chi connectivity index (χ4n) is 2.46. The number of hydrogen-bond acceptors (Lipinski definition) is 3. The third-order valence-electron chi connectivity index (χ3n) is 3.47. The maximum absolute atomic E-state index is 6.07. The van der Waals surface area contributed by atoms with Crippen molar-refractivity contribution < 1.29 is 0 Å². The lowest BCUT2D eigenvalue weighted by atomic mass is 10.2. The van der Waals surface area contributed by atoms with Crippen molar-refractivity contribution in [1.82, 2.24) is 14.8 Å². The van der Waals surface area contributed by atoms with Gasteiger partial charge in [0.25, 0.3) is 0 Å². The predicted molar refractivity (Wildman–Crippen MR) is 71.2 cm³/mol. The third kappa shape index (κ3) is 3.41. The van der Waals surface area contributed by atoms with Gasteiger partial charge in [-0.15, -0.1) is 0 Å². The Morgan fingerprint density at radius 2 is 2.41 bits per heavy atom. The highest BCUT2D eigenvalue weighted by Gasteiger charge is 2.22. The molecule has 1 unspecified atom stereocenters. The van der Waals surface area contributed by atoms with Gasteiger partial charge in [0.2, 0.25) is 0 Å². The molecule has 1 aliphatic heterocycles. The quantitative estimate of drug-likeness (QED) is 0.768. The van der Waals surface area contributed by atoms with Gasteiger partial charge in [-0.3, -0.25) is 0 Å². The molecule has 1 aromatic heterocycles. The van der Waals surface area contributed by atoms with E-state index in [1.54, 1.807) is 6.20 Å². The third-order valence-corrected chi connectivity index (χ3v) is 3.81. The van der Waals surface area contributed by atoms with Gasteiger partial charge in [0.15, 0.2) is 0 Å². The number of aromatic nitrogens is 1. The molecule has 0 bridgehead atoms. The van der Waals surface area contributed by atoms with Gasteiger partial charge >= 0.3 is 0 Å². The van der Waals surface area contributed by atoms with Crippen LogP contribution in [-0.4, -0.2) is 48.0 Å². The monoisotopic (exact) mass is 253 g/mol. The average Bonchev–Trinajstić information content (AvgIpc) is 2.68. The van der Waals surface area contributed by atoms with Crippen molar-refractivity contribution in [2.45, 2.75) is 25.4 Å². The lowest BCUT2D eigenvalue weighted by Crippen LogP contribution is -2.36. The van der Waals surface area contributed by atoms with E-state index in [2.05, 4.69) is 28.9 Å². The zero-order chi connectivity index (χ0) is 12.3. The van der Waals surface area contributed by atoms with E-state index in [1.807, 2.05) is 12.1 Å². The molecular weight excluding hydrogens is 234 g/mol. The van der Waals surface area contributed by atoms with Crippen LogP contribution in [0.5, 0.6) is 0 Å². The molecule has 1 aromatic rings. The summed E-state index contributed by atoms with van der Waals surface area (Å²) >= 11 is 6.07. The molecule has 0 spiro atoms. The summed E-state index contributed by atoms with van der Waals surface area (Å²) in [6.45, 7) is 3.20. The summed E-state index contributed by atoms with van der Waals surface area (Å²) in [4.78, 5) is 8.88. The molecule has 0 aromatic carbocycles. The molecule has 0 N–H and O–H groups in total. The molecule has 17 heavy (non-hydrogen) atoms. The van der Waals surface area contributed by atoms with Crippen LogP contribution in [0.1, 0.15) is 18.4 Å². The van der Waals surface area contributed by atoms with Gasteiger partial charge in [0.05, 0.1) is 0 Å². The minimum atomic E-state index is 0.624. The lowest BCUT2D eigenvalue weighted by Gasteiger charge is -2.25. The van der Waals surface area contributed by atoms with E-state index < -0.39 is 0 Å². The van der Waals surface area contributed by atoms with Crippen LogP contribution in [0.4, 0.5) is 0 Å². The normalized spacial score (nSPS) is 21.3. The van der Waals surface area contributed by atoms with Crippen molar-refractivity contribution in [1.29, 1.82) is 0 Å². The molecule has 2 heterocycles. The lowest BCUT2D eigenvalue weighted by molar-refractivity contribution is 0.215. The molecule has 3 nitrogen and oxygen atoms in total. The Hall–Kier alpha value is -0.640. The largest absolute Gasteiger partial charge is 0.302 e. The molecule has 1 aliphatic rings. The Morgan fingerprint density at radius 3 is 3.06 bits per heavy atom. The summed E-state index contributed by atoms with van der Waals surface area (Å²) in [5, 5.41) is 0.624. The van der Waals surface area contributed by atoms with E-state index in [0.717, 1.165) is 18.7 Å². The highest BCUT2D eigenvalue weighted by Crippen LogP contribution is 2.18. The molecule has 1 atom stereocenters. The molecular formula is C13H20ClN3. The van der Waals surface area contributed by atoms with E-state index in [9.17, 15) is 0 Å². The maximum atomic E-state index is 6.07. The van der Waals surface area contributed by atoms with Crippen LogP contribution in [0.25, 0.3) is 0 Å². The van der Waals surface area contributed by atoms with Gasteiger partial charge in [0, 0.05) is 30.9 Å². The zero-order valence-corrected chi connectivity index (χ0v) is 11.3. The number of nitrogens with zero attached hydrogens (tertiary/aromatic N) is 3. The Labute approximate surface area is 108 Å². The zero-order valence-electron chi connectivity index (χ0n) is 10.6. The Kier molecular flexibility index (Phi) is 4.37. The number of halogens is 1. The highest BCUT2D eigenvalue weighted by molar-refractivity contribution is 6.30. The molecule has 0 aliphatic carbocycles. The SMILES string of the molecule is CN(Cc1cccnc1Cl)CC1CCCN1C. The first-order chi connectivity index (χ1) is 8.16. The molecule has 2 rings (SSSR count). The fourth-order valence-corrected chi connectivity index (χ4v) is 2.64. The van der Waals surface area contributed by atoms with Gasteiger partial charge in [-0.2, -0.15) is 0 Å². The van der Waals surface area contributed by atoms with Gasteiger partial charge in [0.1, 0.15) is 5.15 Å². The molecule has 0 amide bonds. The number of likely N-dealkylation sites (tertiary alicyclic amines) is 1. The van der Waals surface area contributed by atoms with Crippen molar-refractivity contribution in [2.24, 2.45) is 0 Å². The van der Waals surface area contributed by atoms with Crippen molar-refractivity contribution in [3.8, 4) is 0 Å². The minimum Gasteiger partial charge on any atom is -0.302 e. The first-order valence-corrected chi connectivity index (χ1v) is 6.53. The van der Waals surface area contributed by atoms with Crippen LogP contribution in [0.3, 0.4) is 0 Å². The van der Waals surface area contributed by atoms with Crippen LogP contribution >= 0.6 is 11.6 Å².